The van der Waals surface area contributed by atoms with Crippen LogP contribution >= 0.6 is 12.6 Å². The first-order valence-corrected chi connectivity index (χ1v) is 2.05. The van der Waals surface area contributed by atoms with Crippen LogP contribution in [0.25, 0.3) is 0 Å². The summed E-state index contributed by atoms with van der Waals surface area (Å²) in [6.45, 7) is 1.44. The zero-order valence-electron chi connectivity index (χ0n) is 4.34. The standard InChI is InChI=1S/C3H6O2S.Na/c1-2(6)3(4)5;/h2,6H,1H3,(H,4,5);/q;+1/p-1/t2-;/m0./s1. The molecule has 0 amide bonds. The van der Waals surface area contributed by atoms with E-state index in [1.165, 1.54) is 6.92 Å². The first-order valence-electron chi connectivity index (χ1n) is 1.53. The molecule has 2 nitrogen and oxygen atoms in total. The summed E-state index contributed by atoms with van der Waals surface area (Å²) in [4.78, 5) is 9.51. The normalized spacial score (nSPS) is 11.7. The first-order chi connectivity index (χ1) is 2.64. The summed E-state index contributed by atoms with van der Waals surface area (Å²) in [7, 11) is 0. The predicted octanol–water partition coefficient (Wildman–Crippen LogP) is -3.94. The van der Waals surface area contributed by atoms with Gasteiger partial charge in [-0.1, -0.05) is 0 Å². The average Bonchev–Trinajstić information content (AvgIpc) is 1.36. The van der Waals surface area contributed by atoms with Crippen molar-refractivity contribution in [1.29, 1.82) is 0 Å². The molecule has 0 aliphatic heterocycles. The Morgan fingerprint density at radius 1 is 1.86 bits per heavy atom. The van der Waals surface area contributed by atoms with Crippen molar-refractivity contribution in [2.24, 2.45) is 0 Å². The molecule has 0 radical (unpaired) electrons. The topological polar surface area (TPSA) is 40.1 Å². The van der Waals surface area contributed by atoms with Crippen LogP contribution in [-0.4, -0.2) is 11.2 Å². The van der Waals surface area contributed by atoms with E-state index in [2.05, 4.69) is 12.6 Å². The van der Waals surface area contributed by atoms with Crippen LogP contribution < -0.4 is 34.7 Å². The minimum atomic E-state index is -1.13. The van der Waals surface area contributed by atoms with Crippen LogP contribution in [0.3, 0.4) is 0 Å². The number of rotatable bonds is 1. The van der Waals surface area contributed by atoms with E-state index in [-0.39, 0.29) is 29.6 Å². The second kappa shape index (κ2) is 4.97. The summed E-state index contributed by atoms with van der Waals surface area (Å²) >= 11 is 3.53. The van der Waals surface area contributed by atoms with Crippen molar-refractivity contribution in [2.45, 2.75) is 12.2 Å². The second-order valence-electron chi connectivity index (χ2n) is 0.995. The monoisotopic (exact) mass is 128 g/mol. The van der Waals surface area contributed by atoms with Gasteiger partial charge in [0.15, 0.2) is 0 Å². The van der Waals surface area contributed by atoms with Gasteiger partial charge in [0.05, 0.1) is 5.97 Å². The maximum atomic E-state index is 9.51. The number of aliphatic carboxylic acids is 1. The van der Waals surface area contributed by atoms with Gasteiger partial charge in [0.25, 0.3) is 0 Å². The summed E-state index contributed by atoms with van der Waals surface area (Å²) in [5.74, 6) is -1.13. The van der Waals surface area contributed by atoms with Crippen molar-refractivity contribution in [3.05, 3.63) is 0 Å². The van der Waals surface area contributed by atoms with Crippen LogP contribution in [0.15, 0.2) is 0 Å². The molecule has 7 heavy (non-hydrogen) atoms. The van der Waals surface area contributed by atoms with Gasteiger partial charge in [-0.25, -0.2) is 0 Å². The van der Waals surface area contributed by atoms with Gasteiger partial charge in [-0.3, -0.25) is 0 Å². The zero-order chi connectivity index (χ0) is 5.15. The molecule has 0 saturated heterocycles. The molecule has 0 unspecified atom stereocenters. The van der Waals surface area contributed by atoms with E-state index in [1.54, 1.807) is 0 Å². The molecule has 0 aliphatic rings. The summed E-state index contributed by atoms with van der Waals surface area (Å²) in [6.07, 6.45) is 0. The van der Waals surface area contributed by atoms with E-state index < -0.39 is 11.2 Å². The summed E-state index contributed by atoms with van der Waals surface area (Å²) in [5, 5.41) is 8.86. The van der Waals surface area contributed by atoms with E-state index in [4.69, 9.17) is 0 Å². The van der Waals surface area contributed by atoms with Gasteiger partial charge in [-0.15, -0.1) is 0 Å². The van der Waals surface area contributed by atoms with Gasteiger partial charge >= 0.3 is 29.6 Å². The fourth-order valence-electron chi connectivity index (χ4n) is 0. The number of hydrogen-bond acceptors (Lipinski definition) is 3. The Morgan fingerprint density at radius 2 is 2.00 bits per heavy atom. The Morgan fingerprint density at radius 3 is 2.00 bits per heavy atom. The van der Waals surface area contributed by atoms with Gasteiger partial charge < -0.3 is 9.90 Å². The van der Waals surface area contributed by atoms with Gasteiger partial charge in [0.2, 0.25) is 0 Å². The average molecular weight is 128 g/mol. The van der Waals surface area contributed by atoms with Crippen molar-refractivity contribution in [1.82, 2.24) is 0 Å². The Labute approximate surface area is 70.0 Å². The number of hydrogen-bond donors (Lipinski definition) is 1. The Bertz CT molecular complexity index is 64.0. The molecule has 0 aliphatic carbocycles. The first kappa shape index (κ1) is 10.7. The fourth-order valence-corrected chi connectivity index (χ4v) is 0. The molecule has 0 fully saturated rings. The molecule has 0 aromatic rings. The third-order valence-corrected chi connectivity index (χ3v) is 0.552. The van der Waals surface area contributed by atoms with Crippen LogP contribution in [0.4, 0.5) is 0 Å². The number of carboxylic acid groups (broad SMARTS) is 1. The van der Waals surface area contributed by atoms with E-state index in [9.17, 15) is 9.90 Å². The quantitative estimate of drug-likeness (QED) is 0.289. The van der Waals surface area contributed by atoms with Crippen molar-refractivity contribution >= 4 is 18.6 Å². The van der Waals surface area contributed by atoms with E-state index in [0.29, 0.717) is 0 Å². The van der Waals surface area contributed by atoms with Crippen LogP contribution in [0.1, 0.15) is 6.92 Å². The zero-order valence-corrected chi connectivity index (χ0v) is 7.24. The minimum Gasteiger partial charge on any atom is -0.549 e. The van der Waals surface area contributed by atoms with Gasteiger partial charge in [0.1, 0.15) is 0 Å². The van der Waals surface area contributed by atoms with Crippen LogP contribution in [-0.2, 0) is 4.79 Å². The smallest absolute Gasteiger partial charge is 0.549 e. The second-order valence-corrected chi connectivity index (χ2v) is 1.77. The van der Waals surface area contributed by atoms with Crippen molar-refractivity contribution in [2.75, 3.05) is 0 Å². The van der Waals surface area contributed by atoms with Crippen LogP contribution in [0, 0.1) is 0 Å². The molecule has 0 saturated carbocycles. The molecule has 1 atom stereocenters. The Balaban J connectivity index is 0. The maximum Gasteiger partial charge on any atom is 1.00 e. The molecule has 36 valence electrons. The number of carboxylic acids is 1. The van der Waals surface area contributed by atoms with E-state index in [1.807, 2.05) is 0 Å². The number of carbonyl (C=O) groups excluding carboxylic acids is 1. The van der Waals surface area contributed by atoms with Crippen molar-refractivity contribution in [3.63, 3.8) is 0 Å². The van der Waals surface area contributed by atoms with E-state index in [0.717, 1.165) is 0 Å². The van der Waals surface area contributed by atoms with Gasteiger partial charge in [-0.2, -0.15) is 12.6 Å². The van der Waals surface area contributed by atoms with Gasteiger partial charge in [0, 0.05) is 5.25 Å². The van der Waals surface area contributed by atoms with Crippen LogP contribution in [0.2, 0.25) is 0 Å². The number of carbonyl (C=O) groups is 1. The molecule has 0 aromatic carbocycles. The maximum absolute atomic E-state index is 9.51. The van der Waals surface area contributed by atoms with E-state index >= 15 is 0 Å². The Hall–Kier alpha value is 0.820. The largest absolute Gasteiger partial charge is 1.00 e. The fraction of sp³-hybridized carbons (Fsp3) is 0.667. The molecular formula is C3H5NaO2S. The summed E-state index contributed by atoms with van der Waals surface area (Å²) < 4.78 is 0. The predicted molar refractivity (Wildman–Crippen MR) is 23.5 cm³/mol. The summed E-state index contributed by atoms with van der Waals surface area (Å²) in [6, 6.07) is 0. The number of thiol groups is 1. The third kappa shape index (κ3) is 6.82. The van der Waals surface area contributed by atoms with Gasteiger partial charge in [-0.05, 0) is 6.92 Å². The molecular weight excluding hydrogens is 123 g/mol. The molecule has 0 heterocycles. The molecule has 0 bridgehead atoms. The minimum absolute atomic E-state index is 0. The molecule has 0 spiro atoms. The molecule has 4 heteroatoms. The van der Waals surface area contributed by atoms with Crippen molar-refractivity contribution in [3.8, 4) is 0 Å². The van der Waals surface area contributed by atoms with Crippen molar-refractivity contribution < 1.29 is 39.5 Å². The third-order valence-electron chi connectivity index (χ3n) is 0.341. The molecule has 0 N–H and O–H groups in total. The Kier molecular flexibility index (Phi) is 7.62. The summed E-state index contributed by atoms with van der Waals surface area (Å²) in [5.41, 5.74) is 0. The molecule has 0 aromatic heterocycles. The molecule has 0 rings (SSSR count). The van der Waals surface area contributed by atoms with Crippen LogP contribution in [0.5, 0.6) is 0 Å². The SMILES string of the molecule is C[C@H](S)C(=O)[O-].[Na+].